The van der Waals surface area contributed by atoms with Crippen LogP contribution >= 0.6 is 0 Å². The predicted octanol–water partition coefficient (Wildman–Crippen LogP) is 1.67. The zero-order valence-electron chi connectivity index (χ0n) is 10.8. The molecule has 98 valence electrons. The minimum absolute atomic E-state index is 0.350. The highest BCUT2D eigenvalue weighted by Gasteiger charge is 2.48. The normalized spacial score (nSPS) is 39.0. The molecule has 4 heterocycles. The molecule has 0 aromatic carbocycles. The molecule has 4 bridgehead atoms. The number of nitriles is 1. The quantitative estimate of drug-likeness (QED) is 0.806. The van der Waals surface area contributed by atoms with Crippen molar-refractivity contribution in [2.75, 3.05) is 19.6 Å². The van der Waals surface area contributed by atoms with Gasteiger partial charge in [-0.05, 0) is 30.9 Å². The van der Waals surface area contributed by atoms with Crippen molar-refractivity contribution >= 4 is 0 Å². The van der Waals surface area contributed by atoms with Crippen LogP contribution in [0.25, 0.3) is 0 Å². The Hall–Kier alpha value is -1.60. The second-order valence-corrected chi connectivity index (χ2v) is 6.15. The maximum Gasteiger partial charge on any atom is 0.140 e. The zero-order chi connectivity index (χ0) is 12.8. The molecular weight excluding hydrogens is 238 g/mol. The number of ether oxygens (including phenoxy) is 1. The number of piperidine rings is 3. The van der Waals surface area contributed by atoms with Gasteiger partial charge in [-0.3, -0.25) is 0 Å². The summed E-state index contributed by atoms with van der Waals surface area (Å²) in [5.74, 6) is 3.08. The summed E-state index contributed by atoms with van der Waals surface area (Å²) in [7, 11) is 0. The maximum absolute atomic E-state index is 8.76. The molecule has 0 N–H and O–H groups in total. The van der Waals surface area contributed by atoms with Gasteiger partial charge in [-0.2, -0.15) is 5.26 Å². The fourth-order valence-corrected chi connectivity index (χ4v) is 4.23. The van der Waals surface area contributed by atoms with Gasteiger partial charge >= 0.3 is 0 Å². The summed E-state index contributed by atoms with van der Waals surface area (Å²) in [4.78, 5) is 6.68. The van der Waals surface area contributed by atoms with E-state index in [0.29, 0.717) is 23.6 Å². The van der Waals surface area contributed by atoms with E-state index < -0.39 is 0 Å². The fraction of sp³-hybridized carbons (Fsp3) is 0.600. The molecule has 3 saturated heterocycles. The SMILES string of the molecule is N#Cc1ccc(OC2[C@H]3CC4C[C@H]2CN(C4)C3)cn1. The van der Waals surface area contributed by atoms with Gasteiger partial charge in [0.15, 0.2) is 0 Å². The van der Waals surface area contributed by atoms with Gasteiger partial charge in [0.05, 0.1) is 6.20 Å². The van der Waals surface area contributed by atoms with Gasteiger partial charge in [-0.1, -0.05) is 0 Å². The molecule has 1 aromatic rings. The molecule has 0 unspecified atom stereocenters. The van der Waals surface area contributed by atoms with Gasteiger partial charge in [0.2, 0.25) is 0 Å². The molecule has 4 nitrogen and oxygen atoms in total. The van der Waals surface area contributed by atoms with E-state index in [2.05, 4.69) is 9.88 Å². The first-order chi connectivity index (χ1) is 9.31. The van der Waals surface area contributed by atoms with E-state index in [0.717, 1.165) is 11.7 Å². The van der Waals surface area contributed by atoms with Crippen molar-refractivity contribution < 1.29 is 4.74 Å². The van der Waals surface area contributed by atoms with Crippen LogP contribution in [-0.4, -0.2) is 35.6 Å². The fourth-order valence-electron chi connectivity index (χ4n) is 4.23. The summed E-state index contributed by atoms with van der Waals surface area (Å²) in [5.41, 5.74) is 0.448. The van der Waals surface area contributed by atoms with E-state index in [1.165, 1.54) is 32.5 Å². The number of pyridine rings is 1. The van der Waals surface area contributed by atoms with Gasteiger partial charge in [0.1, 0.15) is 23.6 Å². The Bertz CT molecular complexity index is 491. The summed E-state index contributed by atoms with van der Waals surface area (Å²) in [5, 5.41) is 8.76. The lowest BCUT2D eigenvalue weighted by atomic mass is 9.66. The highest BCUT2D eigenvalue weighted by atomic mass is 16.5. The number of aromatic nitrogens is 1. The van der Waals surface area contributed by atoms with Gasteiger partial charge < -0.3 is 9.64 Å². The molecule has 4 aliphatic rings. The number of rotatable bonds is 2. The number of hydrogen-bond acceptors (Lipinski definition) is 4. The monoisotopic (exact) mass is 255 g/mol. The highest BCUT2D eigenvalue weighted by molar-refractivity contribution is 5.27. The molecule has 0 radical (unpaired) electrons. The lowest BCUT2D eigenvalue weighted by Crippen LogP contribution is -2.61. The number of nitrogens with zero attached hydrogens (tertiary/aromatic N) is 3. The lowest BCUT2D eigenvalue weighted by Gasteiger charge is -2.55. The highest BCUT2D eigenvalue weighted by Crippen LogP contribution is 2.44. The Morgan fingerprint density at radius 3 is 2.58 bits per heavy atom. The van der Waals surface area contributed by atoms with E-state index in [1.807, 2.05) is 12.1 Å². The van der Waals surface area contributed by atoms with Crippen LogP contribution in [0.1, 0.15) is 18.5 Å². The first kappa shape index (κ1) is 11.2. The van der Waals surface area contributed by atoms with Crippen molar-refractivity contribution in [3.05, 3.63) is 24.0 Å². The molecule has 3 aliphatic heterocycles. The molecule has 2 atom stereocenters. The van der Waals surface area contributed by atoms with Crippen LogP contribution in [0.4, 0.5) is 0 Å². The van der Waals surface area contributed by atoms with E-state index in [1.54, 1.807) is 12.3 Å². The average molecular weight is 255 g/mol. The lowest BCUT2D eigenvalue weighted by molar-refractivity contribution is -0.0985. The molecule has 19 heavy (non-hydrogen) atoms. The third-order valence-corrected chi connectivity index (χ3v) is 4.83. The van der Waals surface area contributed by atoms with E-state index in [9.17, 15) is 0 Å². The molecule has 4 fully saturated rings. The van der Waals surface area contributed by atoms with Crippen LogP contribution in [0.3, 0.4) is 0 Å². The molecule has 0 amide bonds. The Morgan fingerprint density at radius 1 is 1.21 bits per heavy atom. The summed E-state index contributed by atoms with van der Waals surface area (Å²) < 4.78 is 6.19. The standard InChI is InChI=1S/C15H17N3O/c16-5-13-1-2-14(6-17-13)19-15-11-3-10-4-12(15)9-18(7-10)8-11/h1-2,6,10-12,15H,3-4,7-9H2/t10?,11-,12-,15?/m0/s1. The topological polar surface area (TPSA) is 49.1 Å². The average Bonchev–Trinajstić information content (AvgIpc) is 2.43. The molecule has 0 spiro atoms. The minimum atomic E-state index is 0.350. The molecule has 4 heteroatoms. The molecule has 5 rings (SSSR count). The van der Waals surface area contributed by atoms with Crippen LogP contribution in [0, 0.1) is 29.1 Å². The van der Waals surface area contributed by atoms with E-state index in [4.69, 9.17) is 10.00 Å². The maximum atomic E-state index is 8.76. The van der Waals surface area contributed by atoms with Gasteiger partial charge in [-0.15, -0.1) is 0 Å². The van der Waals surface area contributed by atoms with E-state index in [-0.39, 0.29) is 0 Å². The van der Waals surface area contributed by atoms with Gasteiger partial charge in [0, 0.05) is 31.5 Å². The van der Waals surface area contributed by atoms with Crippen LogP contribution in [0.2, 0.25) is 0 Å². The Labute approximate surface area is 113 Å². The van der Waals surface area contributed by atoms with Crippen molar-refractivity contribution in [1.82, 2.24) is 9.88 Å². The van der Waals surface area contributed by atoms with Gasteiger partial charge in [0.25, 0.3) is 0 Å². The Morgan fingerprint density at radius 2 is 2.00 bits per heavy atom. The Balaban J connectivity index is 1.52. The Kier molecular flexibility index (Phi) is 2.49. The predicted molar refractivity (Wildman–Crippen MR) is 69.5 cm³/mol. The summed E-state index contributed by atoms with van der Waals surface area (Å²) >= 11 is 0. The van der Waals surface area contributed by atoms with E-state index >= 15 is 0 Å². The molecule has 1 aromatic heterocycles. The second kappa shape index (κ2) is 4.21. The van der Waals surface area contributed by atoms with Crippen LogP contribution in [0.15, 0.2) is 18.3 Å². The summed E-state index contributed by atoms with van der Waals surface area (Å²) in [6, 6.07) is 5.64. The summed E-state index contributed by atoms with van der Waals surface area (Å²) in [6.07, 6.45) is 4.68. The van der Waals surface area contributed by atoms with Gasteiger partial charge in [-0.25, -0.2) is 4.98 Å². The molecule has 1 saturated carbocycles. The minimum Gasteiger partial charge on any atom is -0.488 e. The van der Waals surface area contributed by atoms with Crippen molar-refractivity contribution in [2.45, 2.75) is 18.9 Å². The van der Waals surface area contributed by atoms with Crippen molar-refractivity contribution in [2.24, 2.45) is 17.8 Å². The third kappa shape index (κ3) is 1.89. The number of hydrogen-bond donors (Lipinski definition) is 0. The van der Waals surface area contributed by atoms with Crippen LogP contribution < -0.4 is 4.74 Å². The smallest absolute Gasteiger partial charge is 0.140 e. The molecular formula is C15H17N3O. The largest absolute Gasteiger partial charge is 0.488 e. The first-order valence-electron chi connectivity index (χ1n) is 7.07. The second-order valence-electron chi connectivity index (χ2n) is 6.15. The van der Waals surface area contributed by atoms with Crippen molar-refractivity contribution in [1.29, 1.82) is 5.26 Å². The molecule has 1 aliphatic carbocycles. The first-order valence-corrected chi connectivity index (χ1v) is 7.07. The third-order valence-electron chi connectivity index (χ3n) is 4.83. The van der Waals surface area contributed by atoms with Crippen LogP contribution in [0.5, 0.6) is 5.75 Å². The zero-order valence-corrected chi connectivity index (χ0v) is 10.8. The van der Waals surface area contributed by atoms with Crippen molar-refractivity contribution in [3.63, 3.8) is 0 Å². The van der Waals surface area contributed by atoms with Crippen LogP contribution in [-0.2, 0) is 0 Å². The summed E-state index contributed by atoms with van der Waals surface area (Å²) in [6.45, 7) is 3.70. The van der Waals surface area contributed by atoms with Crippen molar-refractivity contribution in [3.8, 4) is 11.8 Å².